The first-order valence-electron chi connectivity index (χ1n) is 23.4. The van der Waals surface area contributed by atoms with Crippen molar-refractivity contribution in [2.45, 2.75) is 257 Å². The summed E-state index contributed by atoms with van der Waals surface area (Å²) in [5.41, 5.74) is 0. The smallest absolute Gasteiger partial charge is 0.249 e. The largest absolute Gasteiger partial charge is 0.394 e. The number of aliphatic hydroxyl groups excluding tert-OH is 4. The molecule has 6 nitrogen and oxygen atoms in total. The number of amides is 1. The van der Waals surface area contributed by atoms with Gasteiger partial charge in [0.25, 0.3) is 0 Å². The fourth-order valence-electron chi connectivity index (χ4n) is 7.08. The molecule has 0 radical (unpaired) electrons. The van der Waals surface area contributed by atoms with Crippen LogP contribution in [0.4, 0.5) is 0 Å². The van der Waals surface area contributed by atoms with Gasteiger partial charge in [-0.05, 0) is 64.2 Å². The Morgan fingerprint density at radius 1 is 0.444 bits per heavy atom. The van der Waals surface area contributed by atoms with Crippen LogP contribution in [-0.2, 0) is 4.79 Å². The number of carbonyl (C=O) groups is 1. The molecule has 0 aliphatic rings. The van der Waals surface area contributed by atoms with Crippen LogP contribution in [0.3, 0.4) is 0 Å². The zero-order chi connectivity index (χ0) is 39.6. The molecule has 318 valence electrons. The molecule has 1 amide bonds. The van der Waals surface area contributed by atoms with Crippen molar-refractivity contribution in [1.82, 2.24) is 5.32 Å². The van der Waals surface area contributed by atoms with Crippen LogP contribution in [0.25, 0.3) is 0 Å². The van der Waals surface area contributed by atoms with Gasteiger partial charge in [-0.2, -0.15) is 0 Å². The Bertz CT molecular complexity index is 858. The number of hydrogen-bond donors (Lipinski definition) is 5. The maximum absolute atomic E-state index is 12.5. The van der Waals surface area contributed by atoms with E-state index in [2.05, 4.69) is 55.6 Å². The maximum atomic E-state index is 12.5. The fraction of sp³-hybridized carbons (Fsp3) is 0.854. The second kappa shape index (κ2) is 42.7. The van der Waals surface area contributed by atoms with Crippen LogP contribution in [0.2, 0.25) is 0 Å². The molecule has 0 rings (SSSR count). The highest BCUT2D eigenvalue weighted by molar-refractivity contribution is 5.80. The van der Waals surface area contributed by atoms with Crippen LogP contribution >= 0.6 is 0 Å². The quantitative estimate of drug-likeness (QED) is 0.0314. The van der Waals surface area contributed by atoms with Gasteiger partial charge < -0.3 is 25.7 Å². The molecule has 0 saturated heterocycles. The molecule has 6 heteroatoms. The Hall–Kier alpha value is -1.47. The summed E-state index contributed by atoms with van der Waals surface area (Å²) in [6.07, 6.45) is 50.6. The third-order valence-electron chi connectivity index (χ3n) is 10.8. The van der Waals surface area contributed by atoms with E-state index in [0.29, 0.717) is 19.3 Å². The highest BCUT2D eigenvalue weighted by Gasteiger charge is 2.28. The molecule has 0 bridgehead atoms. The number of carbonyl (C=O) groups excluding carboxylic acids is 1. The first-order chi connectivity index (χ1) is 26.5. The van der Waals surface area contributed by atoms with Gasteiger partial charge in [-0.1, -0.05) is 204 Å². The summed E-state index contributed by atoms with van der Waals surface area (Å²) in [5.74, 6) is -0.601. The standard InChI is InChI=1S/C48H91NO5/c1-3-5-7-9-11-13-15-16-17-18-19-20-21-22-23-24-25-26-27-28-29-30-32-33-35-37-39-41-45(51)47(53)44(43-50)49-48(54)46(52)42-40-38-36-34-31-14-12-10-8-6-4-2/h24-25,28-29,33,35,44-47,50-53H,3-23,26-27,30-32,34,36-43H2,1-2H3,(H,49,54)/b25-24+,29-28+,35-33+. The van der Waals surface area contributed by atoms with Gasteiger partial charge in [-0.15, -0.1) is 0 Å². The van der Waals surface area contributed by atoms with Crippen molar-refractivity contribution >= 4 is 5.91 Å². The molecule has 4 unspecified atom stereocenters. The third kappa shape index (κ3) is 36.2. The number of rotatable bonds is 42. The van der Waals surface area contributed by atoms with Gasteiger partial charge in [-0.3, -0.25) is 4.79 Å². The van der Waals surface area contributed by atoms with Crippen molar-refractivity contribution in [2.75, 3.05) is 6.61 Å². The molecular weight excluding hydrogens is 671 g/mol. The van der Waals surface area contributed by atoms with Gasteiger partial charge in [-0.25, -0.2) is 0 Å². The van der Waals surface area contributed by atoms with Crippen LogP contribution in [0.1, 0.15) is 232 Å². The van der Waals surface area contributed by atoms with E-state index in [4.69, 9.17) is 0 Å². The summed E-state index contributed by atoms with van der Waals surface area (Å²) >= 11 is 0. The zero-order valence-electron chi connectivity index (χ0n) is 35.7. The van der Waals surface area contributed by atoms with Gasteiger partial charge in [0.05, 0.1) is 18.8 Å². The molecule has 54 heavy (non-hydrogen) atoms. The second-order valence-corrected chi connectivity index (χ2v) is 16.1. The summed E-state index contributed by atoms with van der Waals surface area (Å²) in [4.78, 5) is 12.5. The van der Waals surface area contributed by atoms with E-state index in [1.54, 1.807) is 0 Å². The van der Waals surface area contributed by atoms with Crippen molar-refractivity contribution in [3.05, 3.63) is 36.5 Å². The molecule has 0 fully saturated rings. The third-order valence-corrected chi connectivity index (χ3v) is 10.8. The van der Waals surface area contributed by atoms with Crippen LogP contribution in [0.15, 0.2) is 36.5 Å². The minimum absolute atomic E-state index is 0.360. The summed E-state index contributed by atoms with van der Waals surface area (Å²) < 4.78 is 0. The summed E-state index contributed by atoms with van der Waals surface area (Å²) in [6.45, 7) is 4.02. The Kier molecular flexibility index (Phi) is 41.5. The van der Waals surface area contributed by atoms with E-state index in [-0.39, 0.29) is 0 Å². The maximum Gasteiger partial charge on any atom is 0.249 e. The van der Waals surface area contributed by atoms with E-state index in [9.17, 15) is 25.2 Å². The lowest BCUT2D eigenvalue weighted by Crippen LogP contribution is -2.53. The molecule has 0 aliphatic heterocycles. The van der Waals surface area contributed by atoms with Crippen molar-refractivity contribution in [3.8, 4) is 0 Å². The molecule has 0 aromatic rings. The monoisotopic (exact) mass is 762 g/mol. The Balaban J connectivity index is 3.75. The average molecular weight is 762 g/mol. The van der Waals surface area contributed by atoms with Crippen LogP contribution in [0.5, 0.6) is 0 Å². The fourth-order valence-corrected chi connectivity index (χ4v) is 7.08. The minimum atomic E-state index is -1.29. The highest BCUT2D eigenvalue weighted by atomic mass is 16.3. The molecule has 4 atom stereocenters. The average Bonchev–Trinajstić information content (AvgIpc) is 3.18. The molecule has 0 aromatic carbocycles. The highest BCUT2D eigenvalue weighted by Crippen LogP contribution is 2.15. The molecule has 0 aromatic heterocycles. The number of unbranched alkanes of at least 4 members (excludes halogenated alkanes) is 27. The van der Waals surface area contributed by atoms with Gasteiger partial charge in [0.15, 0.2) is 0 Å². The molecule has 0 saturated carbocycles. The first-order valence-corrected chi connectivity index (χ1v) is 23.4. The second-order valence-electron chi connectivity index (χ2n) is 16.1. The number of hydrogen-bond acceptors (Lipinski definition) is 5. The zero-order valence-corrected chi connectivity index (χ0v) is 35.7. The number of aliphatic hydroxyl groups is 4. The van der Waals surface area contributed by atoms with Crippen molar-refractivity contribution < 1.29 is 25.2 Å². The van der Waals surface area contributed by atoms with E-state index in [1.807, 2.05) is 0 Å². The van der Waals surface area contributed by atoms with Gasteiger partial charge >= 0.3 is 0 Å². The van der Waals surface area contributed by atoms with Crippen LogP contribution in [-0.4, -0.2) is 57.3 Å². The lowest BCUT2D eigenvalue weighted by atomic mass is 10.00. The topological polar surface area (TPSA) is 110 Å². The predicted octanol–water partition coefficient (Wildman–Crippen LogP) is 12.5. The van der Waals surface area contributed by atoms with E-state index >= 15 is 0 Å². The van der Waals surface area contributed by atoms with Gasteiger partial charge in [0.2, 0.25) is 5.91 Å². The number of allylic oxidation sites excluding steroid dienone is 6. The van der Waals surface area contributed by atoms with E-state index in [1.165, 1.54) is 148 Å². The molecule has 5 N–H and O–H groups in total. The predicted molar refractivity (Wildman–Crippen MR) is 233 cm³/mol. The lowest BCUT2D eigenvalue weighted by Gasteiger charge is -2.27. The van der Waals surface area contributed by atoms with Gasteiger partial charge in [0, 0.05) is 0 Å². The Labute approximate surface area is 335 Å². The summed E-state index contributed by atoms with van der Waals surface area (Å²) in [5, 5.41) is 43.6. The number of nitrogens with one attached hydrogen (secondary N) is 1. The molecule has 0 heterocycles. The first kappa shape index (κ1) is 52.5. The van der Waals surface area contributed by atoms with Gasteiger partial charge in [0.1, 0.15) is 12.2 Å². The van der Waals surface area contributed by atoms with E-state index in [0.717, 1.165) is 51.4 Å². The lowest BCUT2D eigenvalue weighted by molar-refractivity contribution is -0.132. The van der Waals surface area contributed by atoms with Crippen LogP contribution < -0.4 is 5.32 Å². The van der Waals surface area contributed by atoms with E-state index < -0.39 is 36.9 Å². The van der Waals surface area contributed by atoms with Crippen molar-refractivity contribution in [1.29, 1.82) is 0 Å². The SMILES string of the molecule is CCCCCCCCCCCCCCCC/C=C/CC/C=C/CC/C=C/CCCC(O)C(O)C(CO)NC(=O)C(O)CCCCCCCCCCCCC. The van der Waals surface area contributed by atoms with Crippen LogP contribution in [0, 0.1) is 0 Å². The Morgan fingerprint density at radius 3 is 1.17 bits per heavy atom. The molecule has 0 spiro atoms. The summed E-state index contributed by atoms with van der Waals surface area (Å²) in [7, 11) is 0. The molecule has 0 aliphatic carbocycles. The molecular formula is C48H91NO5. The van der Waals surface area contributed by atoms with Crippen molar-refractivity contribution in [3.63, 3.8) is 0 Å². The normalized spacial score (nSPS) is 14.4. The Morgan fingerprint density at radius 2 is 0.778 bits per heavy atom. The van der Waals surface area contributed by atoms with Crippen molar-refractivity contribution in [2.24, 2.45) is 0 Å². The summed E-state index contributed by atoms with van der Waals surface area (Å²) in [6, 6.07) is -1.01. The minimum Gasteiger partial charge on any atom is -0.394 e.